The van der Waals surface area contributed by atoms with E-state index in [2.05, 4.69) is 4.98 Å². The molecule has 78 valence electrons. The summed E-state index contributed by atoms with van der Waals surface area (Å²) >= 11 is 5.67. The van der Waals surface area contributed by atoms with E-state index in [0.717, 1.165) is 6.20 Å². The van der Waals surface area contributed by atoms with Crippen LogP contribution in [0.15, 0.2) is 35.2 Å². The molecule has 5 heteroatoms. The summed E-state index contributed by atoms with van der Waals surface area (Å²) in [5.74, 6) is -0.581. The highest BCUT2D eigenvalue weighted by atomic mass is 35.5. The zero-order chi connectivity index (χ0) is 10.8. The molecule has 0 saturated carbocycles. The van der Waals surface area contributed by atoms with E-state index in [1.54, 1.807) is 0 Å². The van der Waals surface area contributed by atoms with E-state index >= 15 is 0 Å². The van der Waals surface area contributed by atoms with Gasteiger partial charge >= 0.3 is 0 Å². The molecule has 2 heterocycles. The van der Waals surface area contributed by atoms with Crippen LogP contribution in [0.1, 0.15) is 17.2 Å². The van der Waals surface area contributed by atoms with E-state index in [0.29, 0.717) is 5.56 Å². The van der Waals surface area contributed by atoms with Crippen LogP contribution in [0.4, 0.5) is 4.39 Å². The molecule has 1 unspecified atom stereocenters. The first-order valence-corrected chi connectivity index (χ1v) is 4.58. The number of aromatic nitrogens is 1. The Labute approximate surface area is 90.1 Å². The summed E-state index contributed by atoms with van der Waals surface area (Å²) < 4.78 is 18.1. The highest BCUT2D eigenvalue weighted by Crippen LogP contribution is 2.29. The second kappa shape index (κ2) is 4.00. The number of aliphatic hydroxyl groups excluding tert-OH is 1. The van der Waals surface area contributed by atoms with E-state index in [1.165, 1.54) is 24.6 Å². The van der Waals surface area contributed by atoms with Gasteiger partial charge in [0.25, 0.3) is 0 Å². The van der Waals surface area contributed by atoms with Crippen molar-refractivity contribution in [3.05, 3.63) is 53.0 Å². The van der Waals surface area contributed by atoms with Gasteiger partial charge in [-0.15, -0.1) is 0 Å². The molecule has 0 aliphatic carbocycles. The number of rotatable bonds is 2. The molecule has 2 aromatic rings. The van der Waals surface area contributed by atoms with Crippen molar-refractivity contribution in [2.24, 2.45) is 0 Å². The van der Waals surface area contributed by atoms with Gasteiger partial charge in [-0.25, -0.2) is 4.39 Å². The van der Waals surface area contributed by atoms with E-state index in [1.807, 2.05) is 0 Å². The summed E-state index contributed by atoms with van der Waals surface area (Å²) in [5, 5.41) is 9.88. The van der Waals surface area contributed by atoms with Crippen LogP contribution in [0, 0.1) is 5.82 Å². The molecule has 1 atom stereocenters. The van der Waals surface area contributed by atoms with Crippen molar-refractivity contribution in [1.82, 2.24) is 4.98 Å². The highest BCUT2D eigenvalue weighted by molar-refractivity contribution is 6.29. The monoisotopic (exact) mass is 227 g/mol. The maximum absolute atomic E-state index is 13.3. The smallest absolute Gasteiger partial charge is 0.199 e. The van der Waals surface area contributed by atoms with Gasteiger partial charge in [-0.2, -0.15) is 0 Å². The zero-order valence-corrected chi connectivity index (χ0v) is 8.28. The van der Waals surface area contributed by atoms with Gasteiger partial charge in [0.15, 0.2) is 5.22 Å². The second-order valence-corrected chi connectivity index (χ2v) is 3.29. The molecular weight excluding hydrogens is 221 g/mol. The van der Waals surface area contributed by atoms with Gasteiger partial charge < -0.3 is 9.52 Å². The molecule has 0 saturated heterocycles. The van der Waals surface area contributed by atoms with Crippen LogP contribution < -0.4 is 0 Å². The summed E-state index contributed by atoms with van der Waals surface area (Å²) in [5.41, 5.74) is 0.454. The van der Waals surface area contributed by atoms with Gasteiger partial charge in [0.2, 0.25) is 0 Å². The molecule has 0 spiro atoms. The minimum Gasteiger partial charge on any atom is -0.453 e. The van der Waals surface area contributed by atoms with Crippen LogP contribution >= 0.6 is 11.6 Å². The number of halogens is 2. The second-order valence-electron chi connectivity index (χ2n) is 2.95. The predicted octanol–water partition coefficient (Wildman–Crippen LogP) is 2.55. The first kappa shape index (κ1) is 10.1. The Kier molecular flexibility index (Phi) is 2.70. The third-order valence-corrected chi connectivity index (χ3v) is 2.35. The molecular formula is C10H7ClFNO2. The fourth-order valence-electron chi connectivity index (χ4n) is 1.27. The first-order chi connectivity index (χ1) is 7.20. The molecule has 0 fully saturated rings. The molecule has 0 aliphatic heterocycles. The predicted molar refractivity (Wildman–Crippen MR) is 52.0 cm³/mol. The molecule has 3 nitrogen and oxygen atoms in total. The molecule has 0 amide bonds. The van der Waals surface area contributed by atoms with Crippen molar-refractivity contribution >= 4 is 11.6 Å². The maximum atomic E-state index is 13.3. The number of hydrogen-bond acceptors (Lipinski definition) is 3. The van der Waals surface area contributed by atoms with Gasteiger partial charge in [0, 0.05) is 17.3 Å². The third kappa shape index (κ3) is 1.86. The summed E-state index contributed by atoms with van der Waals surface area (Å²) in [7, 11) is 0. The van der Waals surface area contributed by atoms with Crippen LogP contribution in [-0.4, -0.2) is 10.1 Å². The molecule has 0 aromatic carbocycles. The van der Waals surface area contributed by atoms with E-state index in [9.17, 15) is 9.50 Å². The standard InChI is InChI=1S/C10H7ClFNO2/c11-10-7(2-4-15-10)9(14)6-1-3-13-5-8(6)12/h1-5,9,14H. The van der Waals surface area contributed by atoms with Crippen molar-refractivity contribution in [2.75, 3.05) is 0 Å². The minimum absolute atomic E-state index is 0.0544. The number of nitrogens with zero attached hydrogens (tertiary/aromatic N) is 1. The lowest BCUT2D eigenvalue weighted by Gasteiger charge is -2.09. The van der Waals surface area contributed by atoms with E-state index in [-0.39, 0.29) is 10.8 Å². The minimum atomic E-state index is -1.14. The Morgan fingerprint density at radius 1 is 1.40 bits per heavy atom. The van der Waals surface area contributed by atoms with Crippen LogP contribution in [0.5, 0.6) is 0 Å². The van der Waals surface area contributed by atoms with Crippen molar-refractivity contribution in [3.63, 3.8) is 0 Å². The van der Waals surface area contributed by atoms with Crippen molar-refractivity contribution in [1.29, 1.82) is 0 Å². The number of furan rings is 1. The lowest BCUT2D eigenvalue weighted by molar-refractivity contribution is 0.214. The molecule has 0 radical (unpaired) electrons. The summed E-state index contributed by atoms with van der Waals surface area (Å²) in [4.78, 5) is 3.59. The number of hydrogen-bond donors (Lipinski definition) is 1. The normalized spacial score (nSPS) is 12.7. The topological polar surface area (TPSA) is 46.3 Å². The van der Waals surface area contributed by atoms with Gasteiger partial charge in [0.05, 0.1) is 12.5 Å². The molecule has 1 N–H and O–H groups in total. The van der Waals surface area contributed by atoms with Crippen molar-refractivity contribution < 1.29 is 13.9 Å². The van der Waals surface area contributed by atoms with Crippen LogP contribution in [0.25, 0.3) is 0 Å². The van der Waals surface area contributed by atoms with Gasteiger partial charge in [-0.1, -0.05) is 0 Å². The average molecular weight is 228 g/mol. The SMILES string of the molecule is OC(c1ccncc1F)c1ccoc1Cl. The van der Waals surface area contributed by atoms with E-state index < -0.39 is 11.9 Å². The lowest BCUT2D eigenvalue weighted by Crippen LogP contribution is -2.02. The van der Waals surface area contributed by atoms with Crippen molar-refractivity contribution in [2.45, 2.75) is 6.10 Å². The lowest BCUT2D eigenvalue weighted by atomic mass is 10.1. The van der Waals surface area contributed by atoms with Crippen molar-refractivity contribution in [3.8, 4) is 0 Å². The first-order valence-electron chi connectivity index (χ1n) is 4.20. The summed E-state index contributed by atoms with van der Waals surface area (Å²) in [6.07, 6.45) is 2.63. The van der Waals surface area contributed by atoms with Gasteiger partial charge in [0.1, 0.15) is 11.9 Å². The molecule has 0 aliphatic rings. The fraction of sp³-hybridized carbons (Fsp3) is 0.100. The Morgan fingerprint density at radius 2 is 2.20 bits per heavy atom. The largest absolute Gasteiger partial charge is 0.453 e. The van der Waals surface area contributed by atoms with Crippen LogP contribution in [0.2, 0.25) is 5.22 Å². The summed E-state index contributed by atoms with van der Waals surface area (Å²) in [6.45, 7) is 0. The maximum Gasteiger partial charge on any atom is 0.199 e. The zero-order valence-electron chi connectivity index (χ0n) is 7.52. The van der Waals surface area contributed by atoms with Crippen LogP contribution in [-0.2, 0) is 0 Å². The van der Waals surface area contributed by atoms with Gasteiger partial charge in [-0.05, 0) is 23.7 Å². The quantitative estimate of drug-likeness (QED) is 0.858. The number of aliphatic hydroxyl groups is 1. The molecule has 15 heavy (non-hydrogen) atoms. The highest BCUT2D eigenvalue weighted by Gasteiger charge is 2.19. The Balaban J connectivity index is 2.41. The third-order valence-electron chi connectivity index (χ3n) is 2.04. The Hall–Kier alpha value is -1.39. The number of pyridine rings is 1. The Bertz CT molecular complexity index is 472. The van der Waals surface area contributed by atoms with E-state index in [4.69, 9.17) is 16.0 Å². The van der Waals surface area contributed by atoms with Crippen LogP contribution in [0.3, 0.4) is 0 Å². The molecule has 2 aromatic heterocycles. The molecule has 0 bridgehead atoms. The average Bonchev–Trinajstić information content (AvgIpc) is 2.64. The fourth-order valence-corrected chi connectivity index (χ4v) is 1.49. The summed E-state index contributed by atoms with van der Waals surface area (Å²) in [6, 6.07) is 2.89. The Morgan fingerprint density at radius 3 is 2.80 bits per heavy atom. The molecule has 2 rings (SSSR count). The van der Waals surface area contributed by atoms with Gasteiger partial charge in [-0.3, -0.25) is 4.98 Å².